The summed E-state index contributed by atoms with van der Waals surface area (Å²) in [4.78, 5) is 21.0. The molecule has 0 saturated carbocycles. The van der Waals surface area contributed by atoms with Crippen LogP contribution in [0.15, 0.2) is 20.0 Å². The summed E-state index contributed by atoms with van der Waals surface area (Å²) in [5.74, 6) is -0.239. The molecule has 0 aliphatic rings. The molecule has 0 aliphatic carbocycles. The van der Waals surface area contributed by atoms with Gasteiger partial charge in [-0.3, -0.25) is 4.79 Å². The van der Waals surface area contributed by atoms with Crippen LogP contribution in [0.4, 0.5) is 0 Å². The second kappa shape index (κ2) is 5.90. The molecule has 0 aliphatic heterocycles. The Labute approximate surface area is 130 Å². The molecule has 3 nitrogen and oxygen atoms in total. The number of hydrogen-bond donors (Lipinski definition) is 0. The molecule has 0 saturated heterocycles. The second-order valence-corrected chi connectivity index (χ2v) is 7.27. The summed E-state index contributed by atoms with van der Waals surface area (Å²) in [5, 5.41) is 5.47. The summed E-state index contributed by atoms with van der Waals surface area (Å²) >= 11 is 9.61. The lowest BCUT2D eigenvalue weighted by Crippen LogP contribution is -2.16. The predicted molar refractivity (Wildman–Crippen MR) is 81.5 cm³/mol. The Kier molecular flexibility index (Phi) is 4.69. The smallest absolute Gasteiger partial charge is 0.152 e. The molecule has 0 radical (unpaired) electrons. The molecule has 2 rings (SSSR count). The average Bonchev–Trinajstić information content (AvgIpc) is 2.95. The third-order valence-electron chi connectivity index (χ3n) is 2.58. The molecule has 2 aromatic heterocycles. The quantitative estimate of drug-likeness (QED) is 0.740. The molecular weight excluding hydrogens is 400 g/mol. The SMILES string of the molecule is CC(C(=O)C(C)c1nc(Br)cs1)c1nc(Br)cs1. The lowest BCUT2D eigenvalue weighted by atomic mass is 9.96. The van der Waals surface area contributed by atoms with Gasteiger partial charge < -0.3 is 0 Å². The zero-order chi connectivity index (χ0) is 13.3. The molecule has 96 valence electrons. The van der Waals surface area contributed by atoms with E-state index in [-0.39, 0.29) is 17.6 Å². The van der Waals surface area contributed by atoms with Crippen molar-refractivity contribution in [2.75, 3.05) is 0 Å². The minimum atomic E-state index is -0.195. The molecule has 2 atom stereocenters. The number of carbonyl (C=O) groups excluding carboxylic acids is 1. The van der Waals surface area contributed by atoms with E-state index in [4.69, 9.17) is 0 Å². The molecule has 7 heteroatoms. The zero-order valence-corrected chi connectivity index (χ0v) is 14.5. The number of ketones is 1. The third kappa shape index (κ3) is 3.07. The van der Waals surface area contributed by atoms with Crippen molar-refractivity contribution in [1.29, 1.82) is 0 Å². The van der Waals surface area contributed by atoms with Crippen molar-refractivity contribution in [3.63, 3.8) is 0 Å². The fourth-order valence-corrected chi connectivity index (χ4v) is 4.21. The van der Waals surface area contributed by atoms with Gasteiger partial charge in [0.1, 0.15) is 19.2 Å². The first-order valence-electron chi connectivity index (χ1n) is 5.24. The largest absolute Gasteiger partial charge is 0.298 e. The Hall–Kier alpha value is -0.110. The second-order valence-electron chi connectivity index (χ2n) is 3.86. The zero-order valence-electron chi connectivity index (χ0n) is 9.68. The van der Waals surface area contributed by atoms with Crippen molar-refractivity contribution in [2.45, 2.75) is 25.7 Å². The third-order valence-corrected chi connectivity index (χ3v) is 6.06. The lowest BCUT2D eigenvalue weighted by molar-refractivity contribution is -0.121. The van der Waals surface area contributed by atoms with Crippen LogP contribution in [0.5, 0.6) is 0 Å². The van der Waals surface area contributed by atoms with Crippen LogP contribution >= 0.6 is 54.5 Å². The van der Waals surface area contributed by atoms with Gasteiger partial charge in [0.25, 0.3) is 0 Å². The number of Topliss-reactive ketones (excluding diaryl/α,β-unsaturated/α-hetero) is 1. The maximum Gasteiger partial charge on any atom is 0.152 e. The number of nitrogens with zero attached hydrogens (tertiary/aromatic N) is 2. The van der Waals surface area contributed by atoms with Crippen LogP contribution in [0.25, 0.3) is 0 Å². The van der Waals surface area contributed by atoms with Crippen molar-refractivity contribution >= 4 is 60.3 Å². The van der Waals surface area contributed by atoms with Gasteiger partial charge in [-0.1, -0.05) is 0 Å². The standard InChI is InChI=1S/C11H10Br2N2OS2/c1-5(10-14-7(12)3-17-10)9(16)6(2)11-15-8(13)4-18-11/h3-6H,1-2H3. The van der Waals surface area contributed by atoms with E-state index in [1.54, 1.807) is 0 Å². The van der Waals surface area contributed by atoms with Crippen LogP contribution in [0.1, 0.15) is 35.7 Å². The van der Waals surface area contributed by atoms with Crippen molar-refractivity contribution in [3.05, 3.63) is 30.0 Å². The number of thiazole rings is 2. The summed E-state index contributed by atoms with van der Waals surface area (Å²) in [7, 11) is 0. The van der Waals surface area contributed by atoms with Gasteiger partial charge in [-0.25, -0.2) is 9.97 Å². The number of hydrogen-bond acceptors (Lipinski definition) is 5. The summed E-state index contributed by atoms with van der Waals surface area (Å²) in [6.07, 6.45) is 0. The summed E-state index contributed by atoms with van der Waals surface area (Å²) in [6.45, 7) is 3.79. The maximum absolute atomic E-state index is 12.4. The number of halogens is 2. The first kappa shape index (κ1) is 14.3. The van der Waals surface area contributed by atoms with Gasteiger partial charge in [-0.2, -0.15) is 0 Å². The van der Waals surface area contributed by atoms with Crippen molar-refractivity contribution < 1.29 is 4.79 Å². The summed E-state index contributed by atoms with van der Waals surface area (Å²) < 4.78 is 1.57. The van der Waals surface area contributed by atoms with Gasteiger partial charge in [0.15, 0.2) is 5.78 Å². The molecule has 0 spiro atoms. The van der Waals surface area contributed by atoms with Crippen LogP contribution in [0.2, 0.25) is 0 Å². The van der Waals surface area contributed by atoms with E-state index in [9.17, 15) is 4.79 Å². The Bertz CT molecular complexity index is 519. The molecule has 18 heavy (non-hydrogen) atoms. The highest BCUT2D eigenvalue weighted by Gasteiger charge is 2.26. The first-order valence-corrected chi connectivity index (χ1v) is 8.59. The van der Waals surface area contributed by atoms with Crippen molar-refractivity contribution in [1.82, 2.24) is 9.97 Å². The molecule has 0 fully saturated rings. The van der Waals surface area contributed by atoms with Gasteiger partial charge in [0, 0.05) is 10.8 Å². The minimum Gasteiger partial charge on any atom is -0.298 e. The summed E-state index contributed by atoms with van der Waals surface area (Å²) in [6, 6.07) is 0. The number of aromatic nitrogens is 2. The monoisotopic (exact) mass is 408 g/mol. The molecular formula is C11H10Br2N2OS2. The lowest BCUT2D eigenvalue weighted by Gasteiger charge is -2.12. The van der Waals surface area contributed by atoms with E-state index in [0.29, 0.717) is 0 Å². The van der Waals surface area contributed by atoms with Gasteiger partial charge in [0.05, 0.1) is 11.8 Å². The van der Waals surface area contributed by atoms with E-state index in [1.165, 1.54) is 22.7 Å². The molecule has 0 N–H and O–H groups in total. The molecule has 2 aromatic rings. The fourth-order valence-electron chi connectivity index (χ4n) is 1.55. The van der Waals surface area contributed by atoms with Crippen LogP contribution < -0.4 is 0 Å². The average molecular weight is 410 g/mol. The van der Waals surface area contributed by atoms with Crippen molar-refractivity contribution in [2.24, 2.45) is 0 Å². The molecule has 0 bridgehead atoms. The van der Waals surface area contributed by atoms with E-state index >= 15 is 0 Å². The predicted octanol–water partition coefficient (Wildman–Crippen LogP) is 4.60. The highest BCUT2D eigenvalue weighted by atomic mass is 79.9. The highest BCUT2D eigenvalue weighted by molar-refractivity contribution is 9.10. The van der Waals surface area contributed by atoms with Crippen LogP contribution in [-0.2, 0) is 4.79 Å². The maximum atomic E-state index is 12.4. The van der Waals surface area contributed by atoms with E-state index in [2.05, 4.69) is 41.8 Å². The van der Waals surface area contributed by atoms with Gasteiger partial charge in [0.2, 0.25) is 0 Å². The molecule has 0 amide bonds. The Morgan fingerprint density at radius 2 is 1.44 bits per heavy atom. The Morgan fingerprint density at radius 3 is 1.72 bits per heavy atom. The number of carbonyl (C=O) groups is 1. The van der Waals surface area contributed by atoms with E-state index in [1.807, 2.05) is 24.6 Å². The topological polar surface area (TPSA) is 42.9 Å². The van der Waals surface area contributed by atoms with Gasteiger partial charge >= 0.3 is 0 Å². The van der Waals surface area contributed by atoms with Crippen molar-refractivity contribution in [3.8, 4) is 0 Å². The Balaban J connectivity index is 2.16. The number of rotatable bonds is 4. The van der Waals surface area contributed by atoms with Gasteiger partial charge in [-0.15, -0.1) is 22.7 Å². The molecule has 0 aromatic carbocycles. The Morgan fingerprint density at radius 1 is 1.06 bits per heavy atom. The van der Waals surface area contributed by atoms with E-state index < -0.39 is 0 Å². The fraction of sp³-hybridized carbons (Fsp3) is 0.364. The first-order chi connectivity index (χ1) is 8.49. The molecule has 2 unspecified atom stereocenters. The van der Waals surface area contributed by atoms with Gasteiger partial charge in [-0.05, 0) is 45.7 Å². The van der Waals surface area contributed by atoms with Crippen LogP contribution in [0.3, 0.4) is 0 Å². The highest BCUT2D eigenvalue weighted by Crippen LogP contribution is 2.31. The van der Waals surface area contributed by atoms with E-state index in [0.717, 1.165) is 19.2 Å². The molecule has 2 heterocycles. The summed E-state index contributed by atoms with van der Waals surface area (Å²) in [5.41, 5.74) is 0. The van der Waals surface area contributed by atoms with Crippen LogP contribution in [0, 0.1) is 0 Å². The minimum absolute atomic E-state index is 0.152. The normalized spacial score (nSPS) is 14.4. The van der Waals surface area contributed by atoms with Crippen LogP contribution in [-0.4, -0.2) is 15.8 Å².